The summed E-state index contributed by atoms with van der Waals surface area (Å²) in [4.78, 5) is 15.2. The molecule has 0 bridgehead atoms. The minimum Gasteiger partial charge on any atom is -0.388 e. The van der Waals surface area contributed by atoms with Crippen LogP contribution in [0.1, 0.15) is 36.1 Å². The number of hydrogen-bond donors (Lipinski definition) is 4. The van der Waals surface area contributed by atoms with Gasteiger partial charge in [0.15, 0.2) is 16.1 Å². The quantitative estimate of drug-likeness (QED) is 0.171. The summed E-state index contributed by atoms with van der Waals surface area (Å²) in [5.74, 6) is -1.44. The number of ether oxygens (including phenoxy) is 2. The van der Waals surface area contributed by atoms with E-state index in [-0.39, 0.29) is 28.6 Å². The van der Waals surface area contributed by atoms with E-state index in [4.69, 9.17) is 9.47 Å². The van der Waals surface area contributed by atoms with Crippen molar-refractivity contribution in [3.8, 4) is 11.1 Å². The van der Waals surface area contributed by atoms with E-state index in [1.165, 1.54) is 31.4 Å². The topological polar surface area (TPSA) is 154 Å². The van der Waals surface area contributed by atoms with Crippen molar-refractivity contribution in [3.63, 3.8) is 0 Å². The number of β-lactam (4-membered cyclic amide) rings is 1. The maximum atomic E-state index is 13.4. The molecule has 2 saturated heterocycles. The minimum atomic E-state index is -3.96. The number of rotatable bonds is 11. The van der Waals surface area contributed by atoms with Crippen LogP contribution < -0.4 is 4.90 Å². The molecule has 8 atom stereocenters. The van der Waals surface area contributed by atoms with E-state index in [2.05, 4.69) is 0 Å². The lowest BCUT2D eigenvalue weighted by molar-refractivity contribution is -0.285. The predicted octanol–water partition coefficient (Wildman–Crippen LogP) is 3.94. The van der Waals surface area contributed by atoms with Crippen LogP contribution in [0, 0.1) is 11.7 Å². The fourth-order valence-corrected chi connectivity index (χ4v) is 8.02. The number of para-hydroxylation sites is 1. The number of methoxy groups -OCH3 is 1. The van der Waals surface area contributed by atoms with Gasteiger partial charge in [0.05, 0.1) is 28.7 Å². The molecular formula is C37H38FNO9S. The second-order valence-corrected chi connectivity index (χ2v) is 14.5. The molecule has 0 aliphatic carbocycles. The molecule has 4 N–H and O–H groups in total. The molecule has 258 valence electrons. The zero-order valence-corrected chi connectivity index (χ0v) is 27.4. The Labute approximate surface area is 283 Å². The van der Waals surface area contributed by atoms with Gasteiger partial charge in [0.2, 0.25) is 5.91 Å². The molecule has 2 aliphatic rings. The SMILES string of the molecule is CO[C@@H]1OC(CS(=O)(=O)c2ccc(-c3ccc([C@@H]4[C@@H](CC[C@H](O)c5ccc(F)cc5)C(=O)N4c4ccccc4)cc3)cc2)[C@H](O)[C@H](O)C1O. The minimum absolute atomic E-state index is 0.00426. The average molecular weight is 692 g/mol. The Hall–Kier alpha value is -4.01. The second kappa shape index (κ2) is 14.5. The maximum Gasteiger partial charge on any atom is 0.233 e. The molecule has 2 unspecified atom stereocenters. The molecule has 49 heavy (non-hydrogen) atoms. The van der Waals surface area contributed by atoms with Gasteiger partial charge in [-0.05, 0) is 71.5 Å². The van der Waals surface area contributed by atoms with Crippen molar-refractivity contribution in [1.82, 2.24) is 0 Å². The first kappa shape index (κ1) is 34.8. The lowest BCUT2D eigenvalue weighted by Gasteiger charge is -2.48. The summed E-state index contributed by atoms with van der Waals surface area (Å²) in [6.45, 7) is 0. The first-order valence-electron chi connectivity index (χ1n) is 16.0. The summed E-state index contributed by atoms with van der Waals surface area (Å²) < 4.78 is 50.1. The van der Waals surface area contributed by atoms with Crippen molar-refractivity contribution in [2.75, 3.05) is 17.8 Å². The number of halogens is 1. The number of sulfone groups is 1. The summed E-state index contributed by atoms with van der Waals surface area (Å²) in [6, 6.07) is 28.7. The van der Waals surface area contributed by atoms with Gasteiger partial charge in [-0.1, -0.05) is 66.7 Å². The fourth-order valence-electron chi connectivity index (χ4n) is 6.57. The van der Waals surface area contributed by atoms with Crippen molar-refractivity contribution >= 4 is 21.4 Å². The Morgan fingerprint density at radius 1 is 0.837 bits per heavy atom. The predicted molar refractivity (Wildman–Crippen MR) is 178 cm³/mol. The number of nitrogens with zero attached hydrogens (tertiary/aromatic N) is 1. The average Bonchev–Trinajstić information content (AvgIpc) is 3.11. The Bertz CT molecular complexity index is 1840. The highest BCUT2D eigenvalue weighted by atomic mass is 32.2. The number of benzene rings is 4. The third-order valence-electron chi connectivity index (χ3n) is 9.34. The van der Waals surface area contributed by atoms with Crippen LogP contribution in [0.3, 0.4) is 0 Å². The first-order chi connectivity index (χ1) is 23.5. The molecule has 0 saturated carbocycles. The lowest BCUT2D eigenvalue weighted by Crippen LogP contribution is -2.59. The Balaban J connectivity index is 1.17. The van der Waals surface area contributed by atoms with Gasteiger partial charge in [0.1, 0.15) is 30.2 Å². The second-order valence-electron chi connectivity index (χ2n) is 12.4. The summed E-state index contributed by atoms with van der Waals surface area (Å²) in [5, 5.41) is 41.2. The van der Waals surface area contributed by atoms with Crippen molar-refractivity contribution in [3.05, 3.63) is 120 Å². The third-order valence-corrected chi connectivity index (χ3v) is 11.1. The van der Waals surface area contributed by atoms with Crippen LogP contribution in [0.2, 0.25) is 0 Å². The summed E-state index contributed by atoms with van der Waals surface area (Å²) in [7, 11) is -2.72. The summed E-state index contributed by atoms with van der Waals surface area (Å²) in [6.07, 6.45) is -7.47. The normalized spacial score (nSPS) is 26.3. The van der Waals surface area contributed by atoms with Gasteiger partial charge in [-0.25, -0.2) is 12.8 Å². The number of anilines is 1. The van der Waals surface area contributed by atoms with E-state index >= 15 is 0 Å². The molecule has 2 aliphatic heterocycles. The number of amides is 1. The Morgan fingerprint density at radius 2 is 1.45 bits per heavy atom. The molecule has 4 aromatic rings. The van der Waals surface area contributed by atoms with Crippen molar-refractivity contribution < 1.29 is 47.5 Å². The van der Waals surface area contributed by atoms with Gasteiger partial charge in [0.25, 0.3) is 0 Å². The molecular weight excluding hydrogens is 653 g/mol. The number of carbonyl (C=O) groups is 1. The van der Waals surface area contributed by atoms with Gasteiger partial charge in [-0.2, -0.15) is 0 Å². The van der Waals surface area contributed by atoms with Crippen LogP contribution in [-0.2, 0) is 24.1 Å². The van der Waals surface area contributed by atoms with Crippen LogP contribution in [0.4, 0.5) is 10.1 Å². The van der Waals surface area contributed by atoms with Crippen LogP contribution in [-0.4, -0.2) is 78.3 Å². The van der Waals surface area contributed by atoms with E-state index in [1.807, 2.05) is 54.6 Å². The van der Waals surface area contributed by atoms with Gasteiger partial charge in [0, 0.05) is 12.8 Å². The Kier molecular flexibility index (Phi) is 10.3. The number of carbonyl (C=O) groups excluding carboxylic acids is 1. The third kappa shape index (κ3) is 7.17. The van der Waals surface area contributed by atoms with E-state index in [0.717, 1.165) is 22.4 Å². The highest BCUT2D eigenvalue weighted by Crippen LogP contribution is 2.46. The molecule has 2 fully saturated rings. The zero-order chi connectivity index (χ0) is 34.9. The van der Waals surface area contributed by atoms with Crippen molar-refractivity contribution in [2.24, 2.45) is 5.92 Å². The highest BCUT2D eigenvalue weighted by Gasteiger charge is 2.48. The molecule has 2 heterocycles. The van der Waals surface area contributed by atoms with E-state index in [9.17, 15) is 38.0 Å². The van der Waals surface area contributed by atoms with Crippen LogP contribution in [0.15, 0.2) is 108 Å². The molecule has 0 radical (unpaired) electrons. The lowest BCUT2D eigenvalue weighted by atomic mass is 9.78. The molecule has 4 aromatic carbocycles. The zero-order valence-electron chi connectivity index (χ0n) is 26.6. The van der Waals surface area contributed by atoms with Crippen molar-refractivity contribution in [1.29, 1.82) is 0 Å². The number of aliphatic hydroxyl groups excluding tert-OH is 4. The van der Waals surface area contributed by atoms with E-state index in [1.54, 1.807) is 29.2 Å². The van der Waals surface area contributed by atoms with Crippen molar-refractivity contribution in [2.45, 2.75) is 60.6 Å². The number of aliphatic hydroxyl groups is 4. The van der Waals surface area contributed by atoms with E-state index < -0.39 is 52.4 Å². The van der Waals surface area contributed by atoms with Gasteiger partial charge in [-0.15, -0.1) is 0 Å². The van der Waals surface area contributed by atoms with Crippen LogP contribution in [0.25, 0.3) is 11.1 Å². The Morgan fingerprint density at radius 3 is 2.06 bits per heavy atom. The largest absolute Gasteiger partial charge is 0.388 e. The van der Waals surface area contributed by atoms with Gasteiger partial charge >= 0.3 is 0 Å². The molecule has 12 heteroatoms. The first-order valence-corrected chi connectivity index (χ1v) is 17.6. The molecule has 0 spiro atoms. The molecule has 10 nitrogen and oxygen atoms in total. The summed E-state index contributed by atoms with van der Waals surface area (Å²) >= 11 is 0. The van der Waals surface area contributed by atoms with Gasteiger partial charge in [-0.3, -0.25) is 4.79 Å². The molecule has 6 rings (SSSR count). The van der Waals surface area contributed by atoms with Crippen LogP contribution >= 0.6 is 0 Å². The monoisotopic (exact) mass is 691 g/mol. The van der Waals surface area contributed by atoms with Crippen LogP contribution in [0.5, 0.6) is 0 Å². The fraction of sp³-hybridized carbons (Fsp3) is 0.324. The molecule has 0 aromatic heterocycles. The highest BCUT2D eigenvalue weighted by molar-refractivity contribution is 7.91. The van der Waals surface area contributed by atoms with E-state index in [0.29, 0.717) is 18.4 Å². The maximum absolute atomic E-state index is 13.4. The number of hydrogen-bond acceptors (Lipinski definition) is 9. The summed E-state index contributed by atoms with van der Waals surface area (Å²) in [5.41, 5.74) is 3.83. The standard InChI is InChI=1S/C37H38FNO9S/c1-47-37-35(43)34(42)33(41)31(48-37)21-49(45,46)28-17-13-23(14-18-28)22-7-9-25(10-8-22)32-29(36(44)39(32)27-5-3-2-4-6-27)19-20-30(40)24-11-15-26(38)16-12-24/h2-18,29-35,37,40-43H,19-21H2,1H3/t29-,30+,31?,32-,33+,34+,35?,37-/m1/s1. The van der Waals surface area contributed by atoms with Gasteiger partial charge < -0.3 is 34.8 Å². The molecule has 1 amide bonds. The smallest absolute Gasteiger partial charge is 0.233 e.